The fourth-order valence-electron chi connectivity index (χ4n) is 1.87. The van der Waals surface area contributed by atoms with Crippen LogP contribution >= 0.6 is 11.6 Å². The Hall–Kier alpha value is -1.36. The van der Waals surface area contributed by atoms with Crippen molar-refractivity contribution < 1.29 is 18.3 Å². The van der Waals surface area contributed by atoms with Gasteiger partial charge in [-0.2, -0.15) is 8.78 Å². The first-order chi connectivity index (χ1) is 9.84. The summed E-state index contributed by atoms with van der Waals surface area (Å²) in [5.41, 5.74) is 0.225. The van der Waals surface area contributed by atoms with E-state index in [2.05, 4.69) is 10.1 Å². The van der Waals surface area contributed by atoms with Crippen LogP contribution in [0.25, 0.3) is 0 Å². The van der Waals surface area contributed by atoms with Crippen LogP contribution in [0.3, 0.4) is 0 Å². The summed E-state index contributed by atoms with van der Waals surface area (Å²) in [5.74, 6) is 0.248. The number of hydrogen-bond donors (Lipinski definition) is 1. The third-order valence-corrected chi connectivity index (χ3v) is 3.30. The van der Waals surface area contributed by atoms with Gasteiger partial charge in [-0.25, -0.2) is 0 Å². The van der Waals surface area contributed by atoms with Crippen LogP contribution in [0.4, 0.5) is 8.78 Å². The monoisotopic (exact) mass is 319 g/mol. The summed E-state index contributed by atoms with van der Waals surface area (Å²) in [6.45, 7) is 1.66. The summed E-state index contributed by atoms with van der Waals surface area (Å²) in [6.07, 6.45) is 1.77. The maximum atomic E-state index is 12.1. The molecule has 0 saturated heterocycles. The lowest BCUT2D eigenvalue weighted by Crippen LogP contribution is -2.34. The Labute approximate surface area is 128 Å². The third-order valence-electron chi connectivity index (χ3n) is 3.04. The van der Waals surface area contributed by atoms with Gasteiger partial charge in [0.15, 0.2) is 0 Å². The number of ether oxygens (including phenoxy) is 1. The van der Waals surface area contributed by atoms with E-state index in [-0.39, 0.29) is 17.1 Å². The Morgan fingerprint density at radius 3 is 2.76 bits per heavy atom. The maximum absolute atomic E-state index is 12.1. The molecule has 0 aliphatic rings. The van der Waals surface area contributed by atoms with Gasteiger partial charge in [-0.15, -0.1) is 11.6 Å². The Kier molecular flexibility index (Phi) is 6.89. The van der Waals surface area contributed by atoms with Gasteiger partial charge in [-0.3, -0.25) is 4.79 Å². The summed E-state index contributed by atoms with van der Waals surface area (Å²) < 4.78 is 28.6. The van der Waals surface area contributed by atoms with E-state index in [0.29, 0.717) is 18.0 Å². The second-order valence-corrected chi connectivity index (χ2v) is 5.92. The average Bonchev–Trinajstić information content (AvgIpc) is 2.42. The SMILES string of the molecule is CC(C)(CCCCl)CNC(=O)c1cccc(OC(F)F)c1. The quantitative estimate of drug-likeness (QED) is 0.734. The summed E-state index contributed by atoms with van der Waals surface area (Å²) in [6, 6.07) is 5.74. The number of carbonyl (C=O) groups excluding carboxylic acids is 1. The van der Waals surface area contributed by atoms with Gasteiger partial charge >= 0.3 is 6.61 Å². The zero-order valence-corrected chi connectivity index (χ0v) is 12.9. The van der Waals surface area contributed by atoms with Gasteiger partial charge in [0.05, 0.1) is 0 Å². The molecule has 0 aliphatic carbocycles. The number of benzene rings is 1. The van der Waals surface area contributed by atoms with Crippen LogP contribution in [0.15, 0.2) is 24.3 Å². The zero-order valence-electron chi connectivity index (χ0n) is 12.2. The number of alkyl halides is 3. The van der Waals surface area contributed by atoms with Crippen molar-refractivity contribution in [2.45, 2.75) is 33.3 Å². The highest BCUT2D eigenvalue weighted by Gasteiger charge is 2.19. The van der Waals surface area contributed by atoms with Crippen LogP contribution in [-0.4, -0.2) is 24.9 Å². The molecule has 0 atom stereocenters. The minimum atomic E-state index is -2.90. The Morgan fingerprint density at radius 2 is 2.14 bits per heavy atom. The summed E-state index contributed by atoms with van der Waals surface area (Å²) in [5, 5.41) is 2.80. The first kappa shape index (κ1) is 17.7. The molecule has 3 nitrogen and oxygen atoms in total. The lowest BCUT2D eigenvalue weighted by atomic mass is 9.88. The normalized spacial score (nSPS) is 11.5. The smallest absolute Gasteiger partial charge is 0.387 e. The van der Waals surface area contributed by atoms with Crippen LogP contribution in [0.1, 0.15) is 37.0 Å². The molecule has 118 valence electrons. The second-order valence-electron chi connectivity index (χ2n) is 5.55. The first-order valence-corrected chi connectivity index (χ1v) is 7.26. The van der Waals surface area contributed by atoms with Gasteiger partial charge in [0.2, 0.25) is 0 Å². The van der Waals surface area contributed by atoms with Crippen LogP contribution in [0.2, 0.25) is 0 Å². The van der Waals surface area contributed by atoms with Crippen molar-refractivity contribution in [3.05, 3.63) is 29.8 Å². The van der Waals surface area contributed by atoms with Gasteiger partial charge in [-0.05, 0) is 36.5 Å². The molecule has 6 heteroatoms. The van der Waals surface area contributed by atoms with E-state index in [9.17, 15) is 13.6 Å². The van der Waals surface area contributed by atoms with E-state index in [4.69, 9.17) is 11.6 Å². The highest BCUT2D eigenvalue weighted by molar-refractivity contribution is 6.17. The summed E-state index contributed by atoms with van der Waals surface area (Å²) in [4.78, 5) is 12.0. The van der Waals surface area contributed by atoms with Gasteiger partial charge in [0, 0.05) is 18.0 Å². The van der Waals surface area contributed by atoms with Crippen molar-refractivity contribution in [3.8, 4) is 5.75 Å². The predicted octanol–water partition coefficient (Wildman–Crippen LogP) is 4.06. The van der Waals surface area contributed by atoms with Crippen LogP contribution in [0.5, 0.6) is 5.75 Å². The molecule has 0 fully saturated rings. The average molecular weight is 320 g/mol. The van der Waals surface area contributed by atoms with Crippen molar-refractivity contribution in [2.24, 2.45) is 5.41 Å². The lowest BCUT2D eigenvalue weighted by molar-refractivity contribution is -0.0498. The molecule has 1 N–H and O–H groups in total. The van der Waals surface area contributed by atoms with Crippen molar-refractivity contribution >= 4 is 17.5 Å². The molecule has 0 saturated carbocycles. The molecule has 1 aromatic rings. The second kappa shape index (κ2) is 8.17. The molecule has 0 aliphatic heterocycles. The van der Waals surface area contributed by atoms with Crippen LogP contribution in [-0.2, 0) is 0 Å². The van der Waals surface area contributed by atoms with Crippen molar-refractivity contribution in [2.75, 3.05) is 12.4 Å². The molecule has 0 bridgehead atoms. The minimum absolute atomic E-state index is 0.0287. The predicted molar refractivity (Wildman–Crippen MR) is 79.1 cm³/mol. The molecule has 1 rings (SSSR count). The maximum Gasteiger partial charge on any atom is 0.387 e. The highest BCUT2D eigenvalue weighted by atomic mass is 35.5. The third kappa shape index (κ3) is 6.76. The Balaban J connectivity index is 2.59. The molecule has 0 radical (unpaired) electrons. The van der Waals surface area contributed by atoms with Gasteiger partial charge in [-0.1, -0.05) is 19.9 Å². The summed E-state index contributed by atoms with van der Waals surface area (Å²) >= 11 is 5.66. The fourth-order valence-corrected chi connectivity index (χ4v) is 2.00. The molecular weight excluding hydrogens is 300 g/mol. The molecule has 1 aromatic carbocycles. The molecule has 0 aromatic heterocycles. The number of nitrogens with one attached hydrogen (secondary N) is 1. The topological polar surface area (TPSA) is 38.3 Å². The molecule has 21 heavy (non-hydrogen) atoms. The van der Waals surface area contributed by atoms with Crippen molar-refractivity contribution in [1.82, 2.24) is 5.32 Å². The van der Waals surface area contributed by atoms with Crippen LogP contribution < -0.4 is 10.1 Å². The highest BCUT2D eigenvalue weighted by Crippen LogP contribution is 2.22. The number of rotatable bonds is 8. The van der Waals surface area contributed by atoms with Crippen molar-refractivity contribution in [3.63, 3.8) is 0 Å². The molecule has 0 spiro atoms. The number of halogens is 3. The molecule has 0 unspecified atom stereocenters. The number of amides is 1. The van der Waals surface area contributed by atoms with Gasteiger partial charge in [0.1, 0.15) is 5.75 Å². The Morgan fingerprint density at radius 1 is 1.43 bits per heavy atom. The minimum Gasteiger partial charge on any atom is -0.435 e. The van der Waals surface area contributed by atoms with Gasteiger partial charge < -0.3 is 10.1 Å². The Bertz CT molecular complexity index is 467. The van der Waals surface area contributed by atoms with Gasteiger partial charge in [0.25, 0.3) is 5.91 Å². The fraction of sp³-hybridized carbons (Fsp3) is 0.533. The van der Waals surface area contributed by atoms with E-state index in [1.165, 1.54) is 18.2 Å². The number of carbonyl (C=O) groups is 1. The summed E-state index contributed by atoms with van der Waals surface area (Å²) in [7, 11) is 0. The molecule has 0 heterocycles. The van der Waals surface area contributed by atoms with E-state index in [1.807, 2.05) is 13.8 Å². The van der Waals surface area contributed by atoms with E-state index in [1.54, 1.807) is 6.07 Å². The molecule has 1 amide bonds. The van der Waals surface area contributed by atoms with Crippen molar-refractivity contribution in [1.29, 1.82) is 0 Å². The standard InChI is InChI=1S/C15H20ClF2NO2/c1-15(2,7-4-8-16)10-19-13(20)11-5-3-6-12(9-11)21-14(17)18/h3,5-6,9,14H,4,7-8,10H2,1-2H3,(H,19,20). The van der Waals surface area contributed by atoms with E-state index < -0.39 is 6.61 Å². The first-order valence-electron chi connectivity index (χ1n) is 6.73. The largest absolute Gasteiger partial charge is 0.435 e. The zero-order chi connectivity index (χ0) is 15.9. The molecular formula is C15H20ClF2NO2. The van der Waals surface area contributed by atoms with E-state index >= 15 is 0 Å². The van der Waals surface area contributed by atoms with E-state index in [0.717, 1.165) is 12.8 Å². The number of hydrogen-bond acceptors (Lipinski definition) is 2. The van der Waals surface area contributed by atoms with Crippen LogP contribution in [0, 0.1) is 5.41 Å². The lowest BCUT2D eigenvalue weighted by Gasteiger charge is -2.24.